The van der Waals surface area contributed by atoms with Crippen LogP contribution in [0, 0.1) is 0 Å². The van der Waals surface area contributed by atoms with E-state index in [2.05, 4.69) is 21.2 Å². The zero-order valence-corrected chi connectivity index (χ0v) is 16.8. The highest BCUT2D eigenvalue weighted by atomic mass is 79.9. The Hall–Kier alpha value is -1.60. The van der Waals surface area contributed by atoms with Crippen molar-refractivity contribution < 1.29 is 14.3 Å². The Bertz CT molecular complexity index is 718. The fourth-order valence-electron chi connectivity index (χ4n) is 3.03. The summed E-state index contributed by atoms with van der Waals surface area (Å²) in [7, 11) is 3.16. The highest BCUT2D eigenvalue weighted by Gasteiger charge is 2.34. The topological polar surface area (TPSA) is 50.8 Å². The minimum Gasteiger partial charge on any atom is -0.493 e. The highest BCUT2D eigenvalue weighted by Crippen LogP contribution is 2.42. The van der Waals surface area contributed by atoms with Crippen molar-refractivity contribution in [1.82, 2.24) is 10.2 Å². The molecule has 0 amide bonds. The van der Waals surface area contributed by atoms with E-state index >= 15 is 0 Å². The summed E-state index contributed by atoms with van der Waals surface area (Å²) in [5.74, 6) is 1.16. The maximum absolute atomic E-state index is 12.3. The highest BCUT2D eigenvalue weighted by molar-refractivity contribution is 9.10. The number of nitrogens with one attached hydrogen (secondary N) is 1. The molecule has 24 heavy (non-hydrogen) atoms. The first-order chi connectivity index (χ1) is 11.3. The van der Waals surface area contributed by atoms with Crippen molar-refractivity contribution in [3.63, 3.8) is 0 Å². The molecule has 1 aliphatic heterocycles. The van der Waals surface area contributed by atoms with Crippen LogP contribution in [0.4, 0.5) is 0 Å². The Labute approximate surface area is 156 Å². The molecule has 1 unspecified atom stereocenters. The molecule has 1 N–H and O–H groups in total. The van der Waals surface area contributed by atoms with E-state index < -0.39 is 0 Å². The van der Waals surface area contributed by atoms with E-state index in [1.54, 1.807) is 21.1 Å². The zero-order valence-electron chi connectivity index (χ0n) is 14.4. The van der Waals surface area contributed by atoms with Gasteiger partial charge in [0.1, 0.15) is 0 Å². The van der Waals surface area contributed by atoms with Gasteiger partial charge in [0.2, 0.25) is 0 Å². The Morgan fingerprint density at radius 1 is 1.38 bits per heavy atom. The Balaban J connectivity index is 2.71. The van der Waals surface area contributed by atoms with Gasteiger partial charge in [-0.3, -0.25) is 4.79 Å². The van der Waals surface area contributed by atoms with Crippen molar-refractivity contribution in [1.29, 1.82) is 0 Å². The maximum Gasteiger partial charge on any atom is 0.173 e. The third-order valence-corrected chi connectivity index (χ3v) is 4.87. The van der Waals surface area contributed by atoms with Crippen LogP contribution in [0.2, 0.25) is 0 Å². The second kappa shape index (κ2) is 7.53. The molecule has 1 aromatic carbocycles. The molecule has 7 heteroatoms. The minimum absolute atomic E-state index is 0.00746. The summed E-state index contributed by atoms with van der Waals surface area (Å²) < 4.78 is 11.8. The molecule has 5 nitrogen and oxygen atoms in total. The van der Waals surface area contributed by atoms with Crippen molar-refractivity contribution in [2.45, 2.75) is 26.8 Å². The Morgan fingerprint density at radius 2 is 2.04 bits per heavy atom. The van der Waals surface area contributed by atoms with E-state index in [0.717, 1.165) is 15.7 Å². The molecule has 0 spiro atoms. The summed E-state index contributed by atoms with van der Waals surface area (Å²) in [4.78, 5) is 14.3. The average molecular weight is 413 g/mol. The molecule has 1 aliphatic rings. The van der Waals surface area contributed by atoms with Gasteiger partial charge in [0, 0.05) is 27.9 Å². The third kappa shape index (κ3) is 3.28. The number of carbonyl (C=O) groups excluding carboxylic acids is 1. The molecule has 1 aromatic rings. The number of ether oxygens (including phenoxy) is 2. The van der Waals surface area contributed by atoms with Crippen LogP contribution in [0.5, 0.6) is 11.5 Å². The number of carbonyl (C=O) groups is 1. The van der Waals surface area contributed by atoms with Gasteiger partial charge >= 0.3 is 0 Å². The first kappa shape index (κ1) is 18.7. The number of benzene rings is 1. The number of halogens is 1. The average Bonchev–Trinajstić information content (AvgIpc) is 2.53. The first-order valence-electron chi connectivity index (χ1n) is 7.56. The van der Waals surface area contributed by atoms with Crippen molar-refractivity contribution in [3.8, 4) is 11.5 Å². The van der Waals surface area contributed by atoms with Crippen molar-refractivity contribution in [2.75, 3.05) is 20.8 Å². The van der Waals surface area contributed by atoms with Crippen molar-refractivity contribution in [2.24, 2.45) is 0 Å². The number of ketones is 1. The van der Waals surface area contributed by atoms with Crippen LogP contribution in [0.25, 0.3) is 0 Å². The number of Topliss-reactive ketones (excluding diaryl/α,β-unsaturated/α-hetero) is 1. The molecule has 130 valence electrons. The van der Waals surface area contributed by atoms with Crippen LogP contribution in [0.15, 0.2) is 27.9 Å². The lowest BCUT2D eigenvalue weighted by atomic mass is 9.91. The Morgan fingerprint density at radius 3 is 2.54 bits per heavy atom. The monoisotopic (exact) mass is 412 g/mol. The van der Waals surface area contributed by atoms with Gasteiger partial charge in [-0.1, -0.05) is 15.9 Å². The molecule has 0 aromatic heterocycles. The number of allylic oxidation sites excluding steroid dienone is 1. The largest absolute Gasteiger partial charge is 0.493 e. The SMILES string of the molecule is CCN1C(=S)NC(c2cc(Br)cc(OC)c2OC)C(C(C)=O)=C1C. The zero-order chi connectivity index (χ0) is 18.0. The molecule has 0 radical (unpaired) electrons. The van der Waals surface area contributed by atoms with E-state index in [1.807, 2.05) is 30.9 Å². The summed E-state index contributed by atoms with van der Waals surface area (Å²) in [5, 5.41) is 3.86. The molecule has 2 rings (SSSR count). The third-order valence-electron chi connectivity index (χ3n) is 4.08. The van der Waals surface area contributed by atoms with Crippen LogP contribution in [-0.2, 0) is 4.79 Å². The standard InChI is InChI=1S/C17H21BrN2O3S/c1-6-20-9(2)14(10(3)21)15(19-17(20)24)12-7-11(18)8-13(22-4)16(12)23-5/h7-8,15H,6H2,1-5H3,(H,19,24). The molecule has 0 saturated heterocycles. The maximum atomic E-state index is 12.3. The van der Waals surface area contributed by atoms with E-state index in [9.17, 15) is 4.79 Å². The predicted octanol–water partition coefficient (Wildman–Crippen LogP) is 3.58. The van der Waals surface area contributed by atoms with Gasteiger partial charge in [0.15, 0.2) is 22.4 Å². The predicted molar refractivity (Wildman–Crippen MR) is 101 cm³/mol. The second-order valence-corrected chi connectivity index (χ2v) is 6.71. The lowest BCUT2D eigenvalue weighted by Gasteiger charge is -2.37. The van der Waals surface area contributed by atoms with E-state index in [1.165, 1.54) is 0 Å². The van der Waals surface area contributed by atoms with Crippen LogP contribution in [0.1, 0.15) is 32.4 Å². The second-order valence-electron chi connectivity index (χ2n) is 5.41. The number of hydrogen-bond donors (Lipinski definition) is 1. The molecular formula is C17H21BrN2O3S. The van der Waals surface area contributed by atoms with Crippen molar-refractivity contribution >= 4 is 39.0 Å². The first-order valence-corrected chi connectivity index (χ1v) is 8.76. The smallest absolute Gasteiger partial charge is 0.173 e. The van der Waals surface area contributed by atoms with Gasteiger partial charge in [-0.15, -0.1) is 0 Å². The number of nitrogens with zero attached hydrogens (tertiary/aromatic N) is 1. The minimum atomic E-state index is -0.390. The molecular weight excluding hydrogens is 392 g/mol. The molecule has 1 heterocycles. The molecule has 0 bridgehead atoms. The normalized spacial score (nSPS) is 17.7. The summed E-state index contributed by atoms with van der Waals surface area (Å²) >= 11 is 8.97. The number of rotatable bonds is 5. The molecule has 0 saturated carbocycles. The summed E-state index contributed by atoms with van der Waals surface area (Å²) in [6, 6.07) is 3.35. The lowest BCUT2D eigenvalue weighted by Crippen LogP contribution is -2.47. The molecule has 0 fully saturated rings. The van der Waals surface area contributed by atoms with Crippen LogP contribution in [-0.4, -0.2) is 36.6 Å². The van der Waals surface area contributed by atoms with Crippen LogP contribution >= 0.6 is 28.1 Å². The van der Waals surface area contributed by atoms with Crippen molar-refractivity contribution in [3.05, 3.63) is 33.4 Å². The van der Waals surface area contributed by atoms with Crippen LogP contribution in [0.3, 0.4) is 0 Å². The molecule has 0 aliphatic carbocycles. The van der Waals surface area contributed by atoms with E-state index in [-0.39, 0.29) is 11.8 Å². The van der Waals surface area contributed by atoms with E-state index in [4.69, 9.17) is 21.7 Å². The number of thiocarbonyl (C=S) groups is 1. The van der Waals surface area contributed by atoms with E-state index in [0.29, 0.717) is 28.7 Å². The fraction of sp³-hybridized carbons (Fsp3) is 0.412. The summed E-state index contributed by atoms with van der Waals surface area (Å²) in [6.45, 7) is 6.18. The van der Waals surface area contributed by atoms with Gasteiger partial charge in [-0.2, -0.15) is 0 Å². The number of methoxy groups -OCH3 is 2. The van der Waals surface area contributed by atoms with Gasteiger partial charge < -0.3 is 19.7 Å². The summed E-state index contributed by atoms with van der Waals surface area (Å²) in [6.07, 6.45) is 0. The van der Waals surface area contributed by atoms with Gasteiger partial charge in [-0.05, 0) is 45.1 Å². The lowest BCUT2D eigenvalue weighted by molar-refractivity contribution is -0.114. The Kier molecular flexibility index (Phi) is 5.87. The molecule has 1 atom stereocenters. The van der Waals surface area contributed by atoms with Gasteiger partial charge in [0.05, 0.1) is 20.3 Å². The van der Waals surface area contributed by atoms with Crippen LogP contribution < -0.4 is 14.8 Å². The summed E-state index contributed by atoms with van der Waals surface area (Å²) in [5.41, 5.74) is 2.33. The fourth-order valence-corrected chi connectivity index (χ4v) is 3.86. The van der Waals surface area contributed by atoms with Gasteiger partial charge in [-0.25, -0.2) is 0 Å². The number of hydrogen-bond acceptors (Lipinski definition) is 4. The van der Waals surface area contributed by atoms with Gasteiger partial charge in [0.25, 0.3) is 0 Å². The quantitative estimate of drug-likeness (QED) is 0.745.